The van der Waals surface area contributed by atoms with E-state index in [1.165, 1.54) is 6.08 Å². The summed E-state index contributed by atoms with van der Waals surface area (Å²) in [5.74, 6) is -3.69. The van der Waals surface area contributed by atoms with Gasteiger partial charge in [-0.15, -0.1) is 23.2 Å². The monoisotopic (exact) mass is 482 g/mol. The number of alkyl halides is 2. The Labute approximate surface area is 197 Å². The van der Waals surface area contributed by atoms with Crippen molar-refractivity contribution in [1.82, 2.24) is 0 Å². The number of carboxylic acids is 1. The van der Waals surface area contributed by atoms with Crippen LogP contribution in [0.15, 0.2) is 23.8 Å². The number of hydrogen-bond acceptors (Lipinski definition) is 5. The number of ether oxygens (including phenoxy) is 1. The molecule has 3 saturated carbocycles. The van der Waals surface area contributed by atoms with E-state index in [1.54, 1.807) is 13.0 Å². The predicted octanol–water partition coefficient (Wildman–Crippen LogP) is 4.22. The number of allylic oxidation sites excluding steroid dienone is 4. The zero-order valence-corrected chi connectivity index (χ0v) is 20.0. The third-order valence-corrected chi connectivity index (χ3v) is 10.4. The highest BCUT2D eigenvalue weighted by Crippen LogP contribution is 2.72. The van der Waals surface area contributed by atoms with Crippen LogP contribution in [0.3, 0.4) is 0 Å². The molecule has 1 N–H and O–H groups in total. The SMILES string of the molecule is CCC(=O)O[C@]1(C(=O)C(=O)O)CC[C@H]2[C@@H]3CCC4=CC(=O)C=C[C@]4(C)[C@@]3(Cl)C(Cl)C[C@@]21C. The fraction of sp³-hybridized carbons (Fsp3) is 0.667. The van der Waals surface area contributed by atoms with Crippen molar-refractivity contribution in [3.63, 3.8) is 0 Å². The van der Waals surface area contributed by atoms with Crippen LogP contribution < -0.4 is 0 Å². The zero-order valence-electron chi connectivity index (χ0n) is 18.5. The fourth-order valence-corrected chi connectivity index (χ4v) is 8.39. The molecule has 0 radical (unpaired) electrons. The number of fused-ring (bicyclic) bond motifs is 5. The molecule has 6 nitrogen and oxygen atoms in total. The summed E-state index contributed by atoms with van der Waals surface area (Å²) in [6.07, 6.45) is 7.25. The van der Waals surface area contributed by atoms with E-state index in [-0.39, 0.29) is 36.9 Å². The van der Waals surface area contributed by atoms with E-state index < -0.39 is 44.4 Å². The molecule has 0 aromatic carbocycles. The Hall–Kier alpha value is -1.66. The Kier molecular flexibility index (Phi) is 5.45. The second-order valence-corrected chi connectivity index (χ2v) is 11.2. The van der Waals surface area contributed by atoms with E-state index in [9.17, 15) is 24.3 Å². The van der Waals surface area contributed by atoms with Crippen LogP contribution in [0.1, 0.15) is 59.3 Å². The summed E-state index contributed by atoms with van der Waals surface area (Å²) in [5.41, 5.74) is -2.42. The first kappa shape index (κ1) is 23.5. The van der Waals surface area contributed by atoms with Gasteiger partial charge in [0.25, 0.3) is 5.78 Å². The van der Waals surface area contributed by atoms with Gasteiger partial charge in [0, 0.05) is 17.3 Å². The molecule has 4 aliphatic carbocycles. The van der Waals surface area contributed by atoms with Crippen molar-refractivity contribution in [3.8, 4) is 0 Å². The first-order valence-electron chi connectivity index (χ1n) is 11.1. The molecular formula is C24H28Cl2O6. The lowest BCUT2D eigenvalue weighted by atomic mass is 9.46. The smallest absolute Gasteiger partial charge is 0.376 e. The number of aliphatic carboxylic acids is 1. The number of halogens is 2. The maximum absolute atomic E-state index is 13.0. The van der Waals surface area contributed by atoms with Gasteiger partial charge in [-0.1, -0.05) is 32.4 Å². The third kappa shape index (κ3) is 2.78. The maximum Gasteiger partial charge on any atom is 0.376 e. The lowest BCUT2D eigenvalue weighted by molar-refractivity contribution is -0.191. The van der Waals surface area contributed by atoms with Gasteiger partial charge in [0.15, 0.2) is 11.4 Å². The van der Waals surface area contributed by atoms with E-state index in [0.717, 1.165) is 5.57 Å². The van der Waals surface area contributed by atoms with Crippen LogP contribution in [0.5, 0.6) is 0 Å². The largest absolute Gasteiger partial charge is 0.475 e. The number of ketones is 2. The third-order valence-electron chi connectivity index (χ3n) is 8.86. The van der Waals surface area contributed by atoms with Gasteiger partial charge in [0.2, 0.25) is 0 Å². The van der Waals surface area contributed by atoms with E-state index in [4.69, 9.17) is 27.9 Å². The molecule has 0 heterocycles. The molecule has 0 aromatic heterocycles. The highest BCUT2D eigenvalue weighted by molar-refractivity contribution is 6.37. The number of hydrogen-bond donors (Lipinski definition) is 1. The van der Waals surface area contributed by atoms with E-state index in [1.807, 2.05) is 19.9 Å². The second-order valence-electron chi connectivity index (χ2n) is 10.0. The molecule has 32 heavy (non-hydrogen) atoms. The summed E-state index contributed by atoms with van der Waals surface area (Å²) in [4.78, 5) is 48.3. The lowest BCUT2D eigenvalue weighted by Crippen LogP contribution is -2.68. The minimum absolute atomic E-state index is 0.0353. The Morgan fingerprint density at radius 3 is 2.53 bits per heavy atom. The summed E-state index contributed by atoms with van der Waals surface area (Å²) in [6, 6.07) is 0. The van der Waals surface area contributed by atoms with Gasteiger partial charge in [0.05, 0.1) is 10.3 Å². The average molecular weight is 483 g/mol. The van der Waals surface area contributed by atoms with E-state index in [2.05, 4.69) is 0 Å². The van der Waals surface area contributed by atoms with Crippen LogP contribution in [0.4, 0.5) is 0 Å². The number of esters is 1. The fourth-order valence-electron chi connectivity index (χ4n) is 7.16. The second kappa shape index (κ2) is 7.42. The van der Waals surface area contributed by atoms with Crippen LogP contribution in [-0.2, 0) is 23.9 Å². The van der Waals surface area contributed by atoms with Crippen LogP contribution >= 0.6 is 23.2 Å². The molecule has 0 aromatic rings. The topological polar surface area (TPSA) is 97.7 Å². The summed E-state index contributed by atoms with van der Waals surface area (Å²) < 4.78 is 5.71. The summed E-state index contributed by atoms with van der Waals surface area (Å²) in [5, 5.41) is 8.98. The molecule has 0 saturated heterocycles. The molecule has 0 spiro atoms. The molecule has 0 bridgehead atoms. The van der Waals surface area contributed by atoms with Gasteiger partial charge in [-0.25, -0.2) is 4.79 Å². The molecule has 0 amide bonds. The number of carbonyl (C=O) groups is 4. The van der Waals surface area contributed by atoms with Crippen molar-refractivity contribution in [2.45, 2.75) is 75.1 Å². The quantitative estimate of drug-likeness (QED) is 0.365. The Morgan fingerprint density at radius 1 is 1.22 bits per heavy atom. The molecule has 8 heteroatoms. The van der Waals surface area contributed by atoms with Crippen LogP contribution in [0, 0.1) is 22.7 Å². The molecule has 3 fully saturated rings. The van der Waals surface area contributed by atoms with Crippen molar-refractivity contribution in [3.05, 3.63) is 23.8 Å². The summed E-state index contributed by atoms with van der Waals surface area (Å²) in [7, 11) is 0. The van der Waals surface area contributed by atoms with Crippen molar-refractivity contribution in [1.29, 1.82) is 0 Å². The zero-order chi connectivity index (χ0) is 23.7. The van der Waals surface area contributed by atoms with Crippen LogP contribution in [0.25, 0.3) is 0 Å². The summed E-state index contributed by atoms with van der Waals surface area (Å²) in [6.45, 7) is 5.44. The molecule has 1 unspecified atom stereocenters. The number of carboxylic acid groups (broad SMARTS) is 1. The minimum atomic E-state index is -1.77. The Balaban J connectivity index is 1.83. The first-order chi connectivity index (χ1) is 14.9. The van der Waals surface area contributed by atoms with Crippen molar-refractivity contribution < 1.29 is 29.0 Å². The molecule has 4 rings (SSSR count). The molecule has 174 valence electrons. The Morgan fingerprint density at radius 2 is 1.91 bits per heavy atom. The summed E-state index contributed by atoms with van der Waals surface area (Å²) >= 11 is 14.5. The highest BCUT2D eigenvalue weighted by Gasteiger charge is 2.75. The van der Waals surface area contributed by atoms with Gasteiger partial charge in [0.1, 0.15) is 0 Å². The van der Waals surface area contributed by atoms with Crippen LogP contribution in [-0.4, -0.2) is 44.5 Å². The molecule has 7 atom stereocenters. The van der Waals surface area contributed by atoms with Crippen LogP contribution in [0.2, 0.25) is 0 Å². The van der Waals surface area contributed by atoms with Gasteiger partial charge < -0.3 is 9.84 Å². The number of Topliss-reactive ketones (excluding diaryl/α,β-unsaturated/α-hetero) is 1. The highest BCUT2D eigenvalue weighted by atomic mass is 35.5. The number of rotatable bonds is 4. The molecular weight excluding hydrogens is 455 g/mol. The van der Waals surface area contributed by atoms with Gasteiger partial charge in [-0.05, 0) is 56.1 Å². The molecule has 0 aliphatic heterocycles. The van der Waals surface area contributed by atoms with Crippen molar-refractivity contribution in [2.75, 3.05) is 0 Å². The lowest BCUT2D eigenvalue weighted by Gasteiger charge is -2.63. The molecule has 4 aliphatic rings. The normalized spacial score (nSPS) is 44.7. The Bertz CT molecular complexity index is 972. The van der Waals surface area contributed by atoms with Gasteiger partial charge in [-0.2, -0.15) is 0 Å². The first-order valence-corrected chi connectivity index (χ1v) is 12.0. The minimum Gasteiger partial charge on any atom is -0.475 e. The predicted molar refractivity (Wildman–Crippen MR) is 118 cm³/mol. The van der Waals surface area contributed by atoms with E-state index >= 15 is 0 Å². The van der Waals surface area contributed by atoms with Crippen molar-refractivity contribution in [2.24, 2.45) is 22.7 Å². The number of carbonyl (C=O) groups excluding carboxylic acids is 3. The van der Waals surface area contributed by atoms with Gasteiger partial charge in [-0.3, -0.25) is 14.4 Å². The maximum atomic E-state index is 13.0. The average Bonchev–Trinajstić information content (AvgIpc) is 3.01. The van der Waals surface area contributed by atoms with E-state index in [0.29, 0.717) is 19.3 Å². The standard InChI is InChI=1S/C24H28Cl2O6/c1-4-18(28)32-23(19(29)20(30)31)10-8-15-16-6-5-13-11-14(27)7-9-21(13,2)24(16,26)17(25)12-22(15,23)3/h7,9,11,15-17H,4-6,8,10,12H2,1-3H3,(H,30,31)/t15-,16-,17?,21-,22-,23-,24-/m0/s1. The van der Waals surface area contributed by atoms with Gasteiger partial charge >= 0.3 is 11.9 Å². The van der Waals surface area contributed by atoms with Crippen molar-refractivity contribution >= 4 is 46.7 Å².